The maximum absolute atomic E-state index is 14.0. The van der Waals surface area contributed by atoms with Gasteiger partial charge < -0.3 is 10.2 Å². The van der Waals surface area contributed by atoms with Crippen molar-refractivity contribution in [2.75, 3.05) is 13.6 Å². The van der Waals surface area contributed by atoms with E-state index < -0.39 is 28.5 Å². The molecule has 0 aliphatic rings. The summed E-state index contributed by atoms with van der Waals surface area (Å²) in [7, 11) is -2.58. The molecule has 0 aliphatic carbocycles. The third kappa shape index (κ3) is 7.60. The third-order valence-electron chi connectivity index (χ3n) is 6.92. The molecule has 0 radical (unpaired) electrons. The zero-order valence-corrected chi connectivity index (χ0v) is 24.8. The van der Waals surface area contributed by atoms with Crippen LogP contribution in [0.5, 0.6) is 0 Å². The van der Waals surface area contributed by atoms with E-state index in [0.717, 1.165) is 31.8 Å². The van der Waals surface area contributed by atoms with Gasteiger partial charge in [-0.3, -0.25) is 9.59 Å². The van der Waals surface area contributed by atoms with Gasteiger partial charge in [-0.05, 0) is 54.8 Å². The van der Waals surface area contributed by atoms with Crippen LogP contribution in [0.15, 0.2) is 102 Å². The number of aryl methyl sites for hydroxylation is 1. The van der Waals surface area contributed by atoms with E-state index in [4.69, 9.17) is 0 Å². The first-order chi connectivity index (χ1) is 19.5. The highest BCUT2D eigenvalue weighted by Crippen LogP contribution is 2.22. The van der Waals surface area contributed by atoms with Crippen molar-refractivity contribution < 1.29 is 18.0 Å². The van der Waals surface area contributed by atoms with Gasteiger partial charge in [0, 0.05) is 26.1 Å². The molecular formula is C33H37N3O4S. The molecule has 0 unspecified atom stereocenters. The Hall–Kier alpha value is -4.01. The summed E-state index contributed by atoms with van der Waals surface area (Å²) in [4.78, 5) is 29.2. The SMILES string of the molecule is Cc1cccc(CN(C(=O)CN(C)S(=O)(=O)c2ccc3ccccc3c2)[C@@H](Cc2ccccc2)C(=O)NC(C)C)c1. The van der Waals surface area contributed by atoms with Gasteiger partial charge in [-0.1, -0.05) is 90.5 Å². The van der Waals surface area contributed by atoms with Gasteiger partial charge in [-0.15, -0.1) is 0 Å². The van der Waals surface area contributed by atoms with E-state index in [-0.39, 0.29) is 29.8 Å². The highest BCUT2D eigenvalue weighted by molar-refractivity contribution is 7.89. The van der Waals surface area contributed by atoms with Crippen molar-refractivity contribution in [2.24, 2.45) is 0 Å². The van der Waals surface area contributed by atoms with Crippen molar-refractivity contribution in [2.45, 2.75) is 50.7 Å². The Kier molecular flexibility index (Phi) is 9.57. The van der Waals surface area contributed by atoms with Crippen LogP contribution in [0.3, 0.4) is 0 Å². The minimum atomic E-state index is -3.98. The fourth-order valence-corrected chi connectivity index (χ4v) is 5.97. The summed E-state index contributed by atoms with van der Waals surface area (Å²) in [5.74, 6) is -0.747. The van der Waals surface area contributed by atoms with Gasteiger partial charge in [0.1, 0.15) is 6.04 Å². The predicted molar refractivity (Wildman–Crippen MR) is 163 cm³/mol. The zero-order valence-electron chi connectivity index (χ0n) is 23.9. The number of likely N-dealkylation sites (N-methyl/N-ethyl adjacent to an activating group) is 1. The highest BCUT2D eigenvalue weighted by Gasteiger charge is 2.33. The van der Waals surface area contributed by atoms with Crippen LogP contribution in [0, 0.1) is 6.92 Å². The minimum Gasteiger partial charge on any atom is -0.352 e. The first-order valence-corrected chi connectivity index (χ1v) is 15.1. The van der Waals surface area contributed by atoms with E-state index in [1.807, 2.05) is 99.6 Å². The molecule has 0 fully saturated rings. The number of carbonyl (C=O) groups excluding carboxylic acids is 2. The van der Waals surface area contributed by atoms with E-state index in [1.54, 1.807) is 18.2 Å². The van der Waals surface area contributed by atoms with Gasteiger partial charge in [0.05, 0.1) is 11.4 Å². The summed E-state index contributed by atoms with van der Waals surface area (Å²) in [6.07, 6.45) is 0.290. The molecule has 7 nitrogen and oxygen atoms in total. The molecule has 4 aromatic rings. The predicted octanol–water partition coefficient (Wildman–Crippen LogP) is 4.93. The van der Waals surface area contributed by atoms with Crippen molar-refractivity contribution in [3.05, 3.63) is 114 Å². The van der Waals surface area contributed by atoms with E-state index in [2.05, 4.69) is 5.32 Å². The van der Waals surface area contributed by atoms with Crippen molar-refractivity contribution in [3.8, 4) is 0 Å². The molecule has 4 rings (SSSR count). The van der Waals surface area contributed by atoms with Gasteiger partial charge in [0.2, 0.25) is 21.8 Å². The first kappa shape index (κ1) is 30.0. The monoisotopic (exact) mass is 571 g/mol. The van der Waals surface area contributed by atoms with Gasteiger partial charge in [0.15, 0.2) is 0 Å². The summed E-state index contributed by atoms with van der Waals surface area (Å²) in [5, 5.41) is 4.68. The number of fused-ring (bicyclic) bond motifs is 1. The molecule has 8 heteroatoms. The van der Waals surface area contributed by atoms with E-state index in [1.165, 1.54) is 11.9 Å². The van der Waals surface area contributed by atoms with E-state index >= 15 is 0 Å². The summed E-state index contributed by atoms with van der Waals surface area (Å²) >= 11 is 0. The van der Waals surface area contributed by atoms with Crippen molar-refractivity contribution in [1.29, 1.82) is 0 Å². The lowest BCUT2D eigenvalue weighted by molar-refractivity contribution is -0.141. The van der Waals surface area contributed by atoms with Gasteiger partial charge in [-0.2, -0.15) is 4.31 Å². The minimum absolute atomic E-state index is 0.107. The average Bonchev–Trinajstić information content (AvgIpc) is 2.94. The first-order valence-electron chi connectivity index (χ1n) is 13.7. The Morgan fingerprint density at radius 3 is 2.15 bits per heavy atom. The summed E-state index contributed by atoms with van der Waals surface area (Å²) in [5.41, 5.74) is 2.78. The molecule has 0 aromatic heterocycles. The molecular weight excluding hydrogens is 534 g/mol. The lowest BCUT2D eigenvalue weighted by Gasteiger charge is -2.33. The standard InChI is InChI=1S/C33H37N3O4S/c1-24(2)34-33(38)31(20-26-12-6-5-7-13-26)36(22-27-14-10-11-25(3)19-27)32(37)23-35(4)41(39,40)30-18-17-28-15-8-9-16-29(28)21-30/h5-19,21,24,31H,20,22-23H2,1-4H3,(H,34,38)/t31-/m0/s1. The molecule has 0 aliphatic heterocycles. The Morgan fingerprint density at radius 2 is 1.46 bits per heavy atom. The van der Waals surface area contributed by atoms with E-state index in [9.17, 15) is 18.0 Å². The second-order valence-corrected chi connectivity index (χ2v) is 12.7. The third-order valence-corrected chi connectivity index (χ3v) is 8.72. The fraction of sp³-hybridized carbons (Fsp3) is 0.273. The highest BCUT2D eigenvalue weighted by atomic mass is 32.2. The van der Waals surface area contributed by atoms with Gasteiger partial charge in [0.25, 0.3) is 0 Å². The number of sulfonamides is 1. The summed E-state index contributed by atoms with van der Waals surface area (Å²) in [6, 6.07) is 28.7. The number of nitrogens with zero attached hydrogens (tertiary/aromatic N) is 2. The molecule has 0 saturated carbocycles. The van der Waals surface area contributed by atoms with Crippen molar-refractivity contribution in [1.82, 2.24) is 14.5 Å². The number of rotatable bonds is 11. The molecule has 1 atom stereocenters. The summed E-state index contributed by atoms with van der Waals surface area (Å²) < 4.78 is 28.2. The normalized spacial score (nSPS) is 12.4. The maximum atomic E-state index is 14.0. The van der Waals surface area contributed by atoms with Gasteiger partial charge in [-0.25, -0.2) is 8.42 Å². The Bertz CT molecular complexity index is 1620. The van der Waals surface area contributed by atoms with Crippen LogP contribution in [0.2, 0.25) is 0 Å². The Balaban J connectivity index is 1.67. The number of hydrogen-bond acceptors (Lipinski definition) is 4. The molecule has 214 valence electrons. The number of benzene rings is 4. The fourth-order valence-electron chi connectivity index (χ4n) is 4.82. The molecule has 0 saturated heterocycles. The molecule has 0 heterocycles. The maximum Gasteiger partial charge on any atom is 0.243 e. The van der Waals surface area contributed by atoms with Crippen LogP contribution in [0.4, 0.5) is 0 Å². The Morgan fingerprint density at radius 1 is 0.805 bits per heavy atom. The molecule has 4 aromatic carbocycles. The number of carbonyl (C=O) groups is 2. The molecule has 41 heavy (non-hydrogen) atoms. The number of hydrogen-bond donors (Lipinski definition) is 1. The van der Waals surface area contributed by atoms with Gasteiger partial charge >= 0.3 is 0 Å². The van der Waals surface area contributed by atoms with Crippen LogP contribution >= 0.6 is 0 Å². The van der Waals surface area contributed by atoms with Crippen LogP contribution < -0.4 is 5.32 Å². The lowest BCUT2D eigenvalue weighted by atomic mass is 10.0. The van der Waals surface area contributed by atoms with Crippen LogP contribution in [-0.2, 0) is 32.6 Å². The molecule has 1 N–H and O–H groups in total. The smallest absolute Gasteiger partial charge is 0.243 e. The lowest BCUT2D eigenvalue weighted by Crippen LogP contribution is -2.53. The van der Waals surface area contributed by atoms with Crippen molar-refractivity contribution in [3.63, 3.8) is 0 Å². The van der Waals surface area contributed by atoms with Crippen LogP contribution in [0.1, 0.15) is 30.5 Å². The topological polar surface area (TPSA) is 86.8 Å². The molecule has 0 spiro atoms. The average molecular weight is 572 g/mol. The second-order valence-electron chi connectivity index (χ2n) is 10.6. The largest absolute Gasteiger partial charge is 0.352 e. The summed E-state index contributed by atoms with van der Waals surface area (Å²) in [6.45, 7) is 5.45. The number of amides is 2. The van der Waals surface area contributed by atoms with Crippen molar-refractivity contribution >= 4 is 32.6 Å². The zero-order chi connectivity index (χ0) is 29.6. The molecule has 2 amide bonds. The quantitative estimate of drug-likeness (QED) is 0.277. The van der Waals surface area contributed by atoms with Crippen LogP contribution in [-0.4, -0.2) is 55.1 Å². The Labute approximate surface area is 242 Å². The molecule has 0 bridgehead atoms. The van der Waals surface area contributed by atoms with E-state index in [0.29, 0.717) is 0 Å². The van der Waals surface area contributed by atoms with Crippen LogP contribution in [0.25, 0.3) is 10.8 Å². The number of nitrogens with one attached hydrogen (secondary N) is 1. The second kappa shape index (κ2) is 13.1.